The summed E-state index contributed by atoms with van der Waals surface area (Å²) < 4.78 is 1.55. The molecule has 0 N–H and O–H groups in total. The summed E-state index contributed by atoms with van der Waals surface area (Å²) in [6.07, 6.45) is 9.39. The van der Waals surface area contributed by atoms with Gasteiger partial charge in [0.25, 0.3) is 0 Å². The monoisotopic (exact) mass is 200 g/mol. The first kappa shape index (κ1) is 10.3. The van der Waals surface area contributed by atoms with Crippen LogP contribution < -0.4 is 0 Å². The van der Waals surface area contributed by atoms with Crippen LogP contribution in [0.4, 0.5) is 0 Å². The molecule has 1 saturated heterocycles. The molecule has 1 rings (SSSR count). The molecule has 1 fully saturated rings. The van der Waals surface area contributed by atoms with Crippen LogP contribution in [0.15, 0.2) is 23.0 Å². The highest BCUT2D eigenvalue weighted by Crippen LogP contribution is 2.34. The van der Waals surface area contributed by atoms with E-state index < -0.39 is 0 Å². The molecule has 0 unspecified atom stereocenters. The summed E-state index contributed by atoms with van der Waals surface area (Å²) in [5, 5.41) is 0. The van der Waals surface area contributed by atoms with E-state index in [1.54, 1.807) is 4.24 Å². The van der Waals surface area contributed by atoms with Crippen LogP contribution in [0.25, 0.3) is 0 Å². The lowest BCUT2D eigenvalue weighted by atomic mass is 10.2. The molecule has 1 aliphatic heterocycles. The summed E-state index contributed by atoms with van der Waals surface area (Å²) >= 11 is 4.04. The lowest BCUT2D eigenvalue weighted by Gasteiger charge is -2.11. The van der Waals surface area contributed by atoms with Gasteiger partial charge in [0.1, 0.15) is 0 Å². The summed E-state index contributed by atoms with van der Waals surface area (Å²) in [6.45, 7) is 3.71. The lowest BCUT2D eigenvalue weighted by Crippen LogP contribution is -1.91. The number of rotatable bonds is 4. The highest BCUT2D eigenvalue weighted by molar-refractivity contribution is 8.22. The molecule has 0 radical (unpaired) electrons. The third-order valence-electron chi connectivity index (χ3n) is 1.70. The second-order valence-corrected chi connectivity index (χ2v) is 5.33. The van der Waals surface area contributed by atoms with E-state index in [4.69, 9.17) is 0 Å². The highest BCUT2D eigenvalue weighted by atomic mass is 32.2. The molecule has 0 amide bonds. The molecule has 0 bridgehead atoms. The molecule has 68 valence electrons. The average molecular weight is 200 g/mol. The molecule has 0 saturated carbocycles. The van der Waals surface area contributed by atoms with Crippen LogP contribution in [-0.2, 0) is 0 Å². The van der Waals surface area contributed by atoms with Gasteiger partial charge in [-0.2, -0.15) is 0 Å². The van der Waals surface area contributed by atoms with Gasteiger partial charge in [-0.15, -0.1) is 30.1 Å². The summed E-state index contributed by atoms with van der Waals surface area (Å²) in [7, 11) is 0. The minimum atomic E-state index is 1.15. The molecule has 1 aliphatic rings. The standard InChI is InChI=1S/C10H16S2/c1-2-3-4-5-7-10-11-8-6-9-12-10/h2,7H,1,3-6,8-9H2. The molecule has 0 aromatic carbocycles. The quantitative estimate of drug-likeness (QED) is 0.496. The summed E-state index contributed by atoms with van der Waals surface area (Å²) in [6, 6.07) is 0. The SMILES string of the molecule is C=CCCCC=C1SCCCS1. The maximum Gasteiger partial charge on any atom is 0.0360 e. The van der Waals surface area contributed by atoms with Crippen molar-refractivity contribution in [1.29, 1.82) is 0 Å². The number of unbranched alkanes of at least 4 members (excludes halogenated alkanes) is 2. The van der Waals surface area contributed by atoms with Gasteiger partial charge in [0.2, 0.25) is 0 Å². The van der Waals surface area contributed by atoms with Gasteiger partial charge in [0, 0.05) is 4.24 Å². The van der Waals surface area contributed by atoms with E-state index in [-0.39, 0.29) is 0 Å². The summed E-state index contributed by atoms with van der Waals surface area (Å²) in [5.74, 6) is 2.64. The number of thioether (sulfide) groups is 2. The first-order valence-electron chi connectivity index (χ1n) is 4.50. The van der Waals surface area contributed by atoms with Crippen LogP contribution in [0.3, 0.4) is 0 Å². The van der Waals surface area contributed by atoms with Crippen molar-refractivity contribution in [3.05, 3.63) is 23.0 Å². The average Bonchev–Trinajstić information content (AvgIpc) is 2.14. The fourth-order valence-corrected chi connectivity index (χ4v) is 3.51. The van der Waals surface area contributed by atoms with Crippen LogP contribution in [0, 0.1) is 0 Å². The van der Waals surface area contributed by atoms with Gasteiger partial charge in [-0.05, 0) is 37.2 Å². The van der Waals surface area contributed by atoms with Gasteiger partial charge in [-0.3, -0.25) is 0 Å². The van der Waals surface area contributed by atoms with Crippen LogP contribution >= 0.6 is 23.5 Å². The molecule has 0 atom stereocenters. The molecule has 0 spiro atoms. The maximum atomic E-state index is 3.71. The number of hydrogen-bond donors (Lipinski definition) is 0. The Kier molecular flexibility index (Phi) is 5.70. The van der Waals surface area contributed by atoms with Crippen molar-refractivity contribution in [3.63, 3.8) is 0 Å². The van der Waals surface area contributed by atoms with Crippen LogP contribution in [0.5, 0.6) is 0 Å². The Bertz CT molecular complexity index is 153. The van der Waals surface area contributed by atoms with Crippen molar-refractivity contribution in [2.45, 2.75) is 25.7 Å². The topological polar surface area (TPSA) is 0 Å². The number of hydrogen-bond acceptors (Lipinski definition) is 2. The van der Waals surface area contributed by atoms with E-state index >= 15 is 0 Å². The smallest absolute Gasteiger partial charge is 0.0360 e. The second kappa shape index (κ2) is 6.67. The minimum absolute atomic E-state index is 1.15. The van der Waals surface area contributed by atoms with Crippen molar-refractivity contribution >= 4 is 23.5 Å². The first-order chi connectivity index (χ1) is 5.93. The van der Waals surface area contributed by atoms with E-state index in [9.17, 15) is 0 Å². The maximum absolute atomic E-state index is 3.71. The van der Waals surface area contributed by atoms with Crippen molar-refractivity contribution in [1.82, 2.24) is 0 Å². The van der Waals surface area contributed by atoms with Crippen LogP contribution in [0.2, 0.25) is 0 Å². The van der Waals surface area contributed by atoms with Crippen molar-refractivity contribution in [2.24, 2.45) is 0 Å². The lowest BCUT2D eigenvalue weighted by molar-refractivity contribution is 0.870. The Morgan fingerprint density at radius 2 is 2.00 bits per heavy atom. The molecular weight excluding hydrogens is 184 g/mol. The molecule has 12 heavy (non-hydrogen) atoms. The van der Waals surface area contributed by atoms with Gasteiger partial charge < -0.3 is 0 Å². The predicted octanol–water partition coefficient (Wildman–Crippen LogP) is 4.05. The largest absolute Gasteiger partial charge is 0.120 e. The Labute approximate surface area is 83.9 Å². The second-order valence-electron chi connectivity index (χ2n) is 2.79. The Hall–Kier alpha value is 0.180. The van der Waals surface area contributed by atoms with Crippen LogP contribution in [0.1, 0.15) is 25.7 Å². The zero-order valence-electron chi connectivity index (χ0n) is 7.42. The molecule has 0 aromatic heterocycles. The molecule has 0 nitrogen and oxygen atoms in total. The van der Waals surface area contributed by atoms with Crippen LogP contribution in [-0.4, -0.2) is 11.5 Å². The Morgan fingerprint density at radius 3 is 2.67 bits per heavy atom. The van der Waals surface area contributed by atoms with Crippen molar-refractivity contribution in [2.75, 3.05) is 11.5 Å². The molecule has 0 aromatic rings. The van der Waals surface area contributed by atoms with E-state index in [1.165, 1.54) is 30.8 Å². The molecule has 0 aliphatic carbocycles. The minimum Gasteiger partial charge on any atom is -0.120 e. The normalized spacial score (nSPS) is 17.5. The molecular formula is C10H16S2. The van der Waals surface area contributed by atoms with Gasteiger partial charge in [0.15, 0.2) is 0 Å². The van der Waals surface area contributed by atoms with Crippen molar-refractivity contribution < 1.29 is 0 Å². The number of allylic oxidation sites excluding steroid dienone is 2. The van der Waals surface area contributed by atoms with Gasteiger partial charge in [0.05, 0.1) is 0 Å². The third kappa shape index (κ3) is 4.27. The fourth-order valence-electron chi connectivity index (χ4n) is 1.05. The van der Waals surface area contributed by atoms with Gasteiger partial charge >= 0.3 is 0 Å². The molecule has 2 heteroatoms. The first-order valence-corrected chi connectivity index (χ1v) is 6.47. The Morgan fingerprint density at radius 1 is 1.25 bits per heavy atom. The molecule has 1 heterocycles. The summed E-state index contributed by atoms with van der Waals surface area (Å²) in [4.78, 5) is 0. The highest BCUT2D eigenvalue weighted by Gasteiger charge is 2.04. The van der Waals surface area contributed by atoms with E-state index in [0.29, 0.717) is 0 Å². The van der Waals surface area contributed by atoms with Crippen molar-refractivity contribution in [3.8, 4) is 0 Å². The van der Waals surface area contributed by atoms with E-state index in [1.807, 2.05) is 29.6 Å². The van der Waals surface area contributed by atoms with Gasteiger partial charge in [-0.25, -0.2) is 0 Å². The fraction of sp³-hybridized carbons (Fsp3) is 0.600. The summed E-state index contributed by atoms with van der Waals surface area (Å²) in [5.41, 5.74) is 0. The predicted molar refractivity (Wildman–Crippen MR) is 61.7 cm³/mol. The van der Waals surface area contributed by atoms with E-state index in [0.717, 1.165) is 6.42 Å². The van der Waals surface area contributed by atoms with E-state index in [2.05, 4.69) is 12.7 Å². The van der Waals surface area contributed by atoms with Gasteiger partial charge in [-0.1, -0.05) is 12.2 Å². The Balaban J connectivity index is 2.11. The third-order valence-corrected chi connectivity index (χ3v) is 4.30. The zero-order valence-corrected chi connectivity index (χ0v) is 9.05. The zero-order chi connectivity index (χ0) is 8.65.